The minimum atomic E-state index is -0.912. The maximum atomic E-state index is 14.4. The Hall–Kier alpha value is -2.49. The number of hydrogen-bond acceptors (Lipinski definition) is 6. The van der Waals surface area contributed by atoms with Gasteiger partial charge in [-0.1, -0.05) is 17.9 Å². The molecule has 2 N–H and O–H groups in total. The van der Waals surface area contributed by atoms with Crippen molar-refractivity contribution in [2.75, 3.05) is 7.11 Å². The minimum absolute atomic E-state index is 0.150. The van der Waals surface area contributed by atoms with E-state index in [9.17, 15) is 4.79 Å². The molecule has 0 radical (unpaired) electrons. The molecular weight excluding hydrogens is 430 g/mol. The van der Waals surface area contributed by atoms with E-state index in [2.05, 4.69) is 35.0 Å². The lowest BCUT2D eigenvalue weighted by atomic mass is 9.59. The summed E-state index contributed by atoms with van der Waals surface area (Å²) in [5.74, 6) is 7.45. The molecule has 3 aliphatic carbocycles. The van der Waals surface area contributed by atoms with Crippen molar-refractivity contribution >= 4 is 23.0 Å². The third kappa shape index (κ3) is 3.28. The fraction of sp³-hybridized carbons (Fsp3) is 0.519. The average Bonchev–Trinajstić information content (AvgIpc) is 3.36. The molecule has 1 aromatic heterocycles. The van der Waals surface area contributed by atoms with E-state index < -0.39 is 11.5 Å². The van der Waals surface area contributed by atoms with Crippen LogP contribution in [0, 0.1) is 29.1 Å². The molecule has 0 bridgehead atoms. The monoisotopic (exact) mass is 459 g/mol. The van der Waals surface area contributed by atoms with Crippen LogP contribution in [-0.4, -0.2) is 29.8 Å². The molecule has 6 heteroatoms. The number of aliphatic imine (C=N–C) groups is 1. The standard InChI is InChI=1S/C27H29N3O2S/c1-32-20-8-10-26(11-9-20)16-19-7-6-18(5-4-17-2-3-17)14-22(19)27(26)24(31)21(25(28)30-27)15-23-29-12-13-33-23/h6-7,12-14,17,20-21H,2-3,8-11,15-16H2,1H3,(H2,28,30)/t20?,21?,26?,27-/m1/s1. The van der Waals surface area contributed by atoms with Gasteiger partial charge in [-0.2, -0.15) is 0 Å². The van der Waals surface area contributed by atoms with E-state index in [1.54, 1.807) is 24.6 Å². The van der Waals surface area contributed by atoms with E-state index in [0.29, 0.717) is 18.2 Å². The number of benzene rings is 1. The van der Waals surface area contributed by atoms with Gasteiger partial charge in [0, 0.05) is 42.0 Å². The first-order chi connectivity index (χ1) is 16.0. The molecule has 33 heavy (non-hydrogen) atoms. The van der Waals surface area contributed by atoms with Crippen LogP contribution in [-0.2, 0) is 27.9 Å². The summed E-state index contributed by atoms with van der Waals surface area (Å²) in [5, 5.41) is 2.88. The third-order valence-electron chi connectivity index (χ3n) is 8.21. The second kappa shape index (κ2) is 7.78. The van der Waals surface area contributed by atoms with E-state index in [1.807, 2.05) is 5.38 Å². The fourth-order valence-electron chi connectivity index (χ4n) is 6.27. The first-order valence-corrected chi connectivity index (χ1v) is 12.9. The summed E-state index contributed by atoms with van der Waals surface area (Å²) in [4.78, 5) is 23.9. The Labute approximate surface area is 198 Å². The summed E-state index contributed by atoms with van der Waals surface area (Å²) in [6.45, 7) is 0. The van der Waals surface area contributed by atoms with Gasteiger partial charge in [-0.3, -0.25) is 9.79 Å². The highest BCUT2D eigenvalue weighted by atomic mass is 32.1. The molecule has 170 valence electrons. The number of rotatable bonds is 3. The number of ether oxygens (including phenoxy) is 1. The van der Waals surface area contributed by atoms with Crippen LogP contribution in [0.4, 0.5) is 0 Å². The predicted molar refractivity (Wildman–Crippen MR) is 129 cm³/mol. The lowest BCUT2D eigenvalue weighted by Gasteiger charge is -2.45. The van der Waals surface area contributed by atoms with Crippen molar-refractivity contribution < 1.29 is 9.53 Å². The maximum Gasteiger partial charge on any atom is 0.176 e. The normalized spacial score (nSPS) is 32.6. The molecule has 6 rings (SSSR count). The topological polar surface area (TPSA) is 77.6 Å². The molecule has 0 amide bonds. The summed E-state index contributed by atoms with van der Waals surface area (Å²) in [6.07, 6.45) is 9.54. The number of Topliss-reactive ketones (excluding diaryl/α,β-unsaturated/α-hetero) is 1. The number of hydrogen-bond donors (Lipinski definition) is 1. The first-order valence-electron chi connectivity index (χ1n) is 12.0. The van der Waals surface area contributed by atoms with Crippen molar-refractivity contribution in [1.29, 1.82) is 0 Å². The summed E-state index contributed by atoms with van der Waals surface area (Å²) >= 11 is 1.57. The smallest absolute Gasteiger partial charge is 0.176 e. The molecule has 4 aliphatic rings. The summed E-state index contributed by atoms with van der Waals surface area (Å²) < 4.78 is 5.67. The van der Waals surface area contributed by atoms with Crippen LogP contribution in [0.15, 0.2) is 34.8 Å². The number of methoxy groups -OCH3 is 1. The highest BCUT2D eigenvalue weighted by Gasteiger charge is 2.66. The van der Waals surface area contributed by atoms with E-state index in [1.165, 1.54) is 18.4 Å². The molecule has 5 nitrogen and oxygen atoms in total. The Morgan fingerprint density at radius 3 is 2.76 bits per heavy atom. The van der Waals surface area contributed by atoms with E-state index in [0.717, 1.165) is 48.2 Å². The Morgan fingerprint density at radius 1 is 1.24 bits per heavy atom. The van der Waals surface area contributed by atoms with Gasteiger partial charge in [0.2, 0.25) is 0 Å². The van der Waals surface area contributed by atoms with Gasteiger partial charge in [-0.15, -0.1) is 11.3 Å². The van der Waals surface area contributed by atoms with Crippen LogP contribution < -0.4 is 5.73 Å². The quantitative estimate of drug-likeness (QED) is 0.703. The molecule has 2 saturated carbocycles. The second-order valence-corrected chi connectivity index (χ2v) is 11.1. The van der Waals surface area contributed by atoms with Crippen molar-refractivity contribution in [2.45, 2.75) is 63.0 Å². The van der Waals surface area contributed by atoms with Crippen molar-refractivity contribution in [3.05, 3.63) is 51.5 Å². The van der Waals surface area contributed by atoms with Gasteiger partial charge in [0.15, 0.2) is 11.3 Å². The second-order valence-electron chi connectivity index (χ2n) is 10.1. The lowest BCUT2D eigenvalue weighted by Crippen LogP contribution is -2.50. The third-order valence-corrected chi connectivity index (χ3v) is 9.01. The van der Waals surface area contributed by atoms with Crippen LogP contribution in [0.1, 0.15) is 60.2 Å². The molecule has 2 spiro atoms. The van der Waals surface area contributed by atoms with E-state index in [4.69, 9.17) is 15.5 Å². The van der Waals surface area contributed by atoms with Gasteiger partial charge in [-0.05, 0) is 68.2 Å². The average molecular weight is 460 g/mol. The predicted octanol–water partition coefficient (Wildman–Crippen LogP) is 4.03. The first kappa shape index (κ1) is 21.1. The van der Waals surface area contributed by atoms with Crippen molar-refractivity contribution in [2.24, 2.45) is 28.0 Å². The fourth-order valence-corrected chi connectivity index (χ4v) is 6.93. The number of amidine groups is 1. The number of nitrogens with two attached hydrogens (primary N) is 1. The number of aromatic nitrogens is 1. The molecule has 2 heterocycles. The lowest BCUT2D eigenvalue weighted by molar-refractivity contribution is -0.131. The molecule has 2 fully saturated rings. The van der Waals surface area contributed by atoms with Gasteiger partial charge in [0.1, 0.15) is 5.84 Å². The molecule has 0 saturated heterocycles. The van der Waals surface area contributed by atoms with Gasteiger partial charge in [0.25, 0.3) is 0 Å². The molecule has 1 unspecified atom stereocenters. The highest BCUT2D eigenvalue weighted by molar-refractivity contribution is 7.09. The zero-order valence-electron chi connectivity index (χ0n) is 19.0. The van der Waals surface area contributed by atoms with Crippen LogP contribution in [0.3, 0.4) is 0 Å². The number of fused-ring (bicyclic) bond motifs is 3. The number of carbonyl (C=O) groups is 1. The van der Waals surface area contributed by atoms with Crippen LogP contribution in [0.5, 0.6) is 0 Å². The van der Waals surface area contributed by atoms with E-state index >= 15 is 0 Å². The van der Waals surface area contributed by atoms with Crippen molar-refractivity contribution in [1.82, 2.24) is 4.98 Å². The summed E-state index contributed by atoms with van der Waals surface area (Å²) in [7, 11) is 1.79. The zero-order valence-corrected chi connectivity index (χ0v) is 19.8. The van der Waals surface area contributed by atoms with Crippen molar-refractivity contribution in [3.8, 4) is 11.8 Å². The summed E-state index contributed by atoms with van der Waals surface area (Å²) in [6, 6.07) is 6.43. The molecule has 1 aromatic carbocycles. The van der Waals surface area contributed by atoms with Crippen LogP contribution in [0.2, 0.25) is 0 Å². The number of carbonyl (C=O) groups excluding carboxylic acids is 1. The van der Waals surface area contributed by atoms with Gasteiger partial charge in [0.05, 0.1) is 17.0 Å². The molecule has 2 aromatic rings. The summed E-state index contributed by atoms with van der Waals surface area (Å²) in [5.41, 5.74) is 8.62. The Morgan fingerprint density at radius 2 is 2.06 bits per heavy atom. The Bertz CT molecular complexity index is 1180. The number of ketones is 1. The SMILES string of the molecule is COC1CCC2(CC1)Cc1ccc(C#CC3CC3)cc1[C@]21N=C(N)C(Cc2nccs2)C1=O. The maximum absolute atomic E-state index is 14.4. The molecule has 1 aliphatic heterocycles. The van der Waals surface area contributed by atoms with Gasteiger partial charge in [-0.25, -0.2) is 4.98 Å². The van der Waals surface area contributed by atoms with Crippen LogP contribution >= 0.6 is 11.3 Å². The Kier molecular flexibility index (Phi) is 4.97. The zero-order chi connectivity index (χ0) is 22.6. The molecule has 2 atom stereocenters. The van der Waals surface area contributed by atoms with E-state index in [-0.39, 0.29) is 17.3 Å². The molecular formula is C27H29N3O2S. The largest absolute Gasteiger partial charge is 0.387 e. The van der Waals surface area contributed by atoms with Crippen molar-refractivity contribution in [3.63, 3.8) is 0 Å². The van der Waals surface area contributed by atoms with Gasteiger partial charge < -0.3 is 10.5 Å². The Balaban J connectivity index is 1.45. The van der Waals surface area contributed by atoms with Gasteiger partial charge >= 0.3 is 0 Å². The number of thiazole rings is 1. The number of nitrogens with zero attached hydrogens (tertiary/aromatic N) is 2. The minimum Gasteiger partial charge on any atom is -0.387 e. The van der Waals surface area contributed by atoms with Crippen LogP contribution in [0.25, 0.3) is 0 Å². The highest BCUT2D eigenvalue weighted by Crippen LogP contribution is 2.62.